The molecule has 1 aliphatic rings. The number of rotatable bonds is 0. The van der Waals surface area contributed by atoms with Crippen LogP contribution in [-0.2, 0) is 12.2 Å². The number of aromatic nitrogens is 1. The predicted octanol–water partition coefficient (Wildman–Crippen LogP) is 1.94. The molecule has 0 unspecified atom stereocenters. The highest BCUT2D eigenvalue weighted by atomic mass is 35.5. The number of nitrogens with two attached hydrogens (primary N) is 1. The van der Waals surface area contributed by atoms with Crippen molar-refractivity contribution in [1.29, 1.82) is 0 Å². The summed E-state index contributed by atoms with van der Waals surface area (Å²) >= 11 is 3.60. The van der Waals surface area contributed by atoms with Crippen molar-refractivity contribution in [2.24, 2.45) is 0 Å². The number of halogens is 1. The minimum Gasteiger partial charge on any atom is -0.375 e. The molecule has 0 saturated carbocycles. The first kappa shape index (κ1) is 9.16. The number of fused-ring (bicyclic) bond motifs is 1. The van der Waals surface area contributed by atoms with Gasteiger partial charge in [-0.25, -0.2) is 4.98 Å². The molecule has 0 radical (unpaired) electrons. The first-order chi connectivity index (χ1) is 4.86. The molecule has 0 saturated heterocycles. The molecule has 2 nitrogen and oxygen atoms in total. The van der Waals surface area contributed by atoms with Crippen molar-refractivity contribution in [3.63, 3.8) is 0 Å². The van der Waals surface area contributed by atoms with E-state index in [0.717, 1.165) is 17.3 Å². The van der Waals surface area contributed by atoms with Crippen LogP contribution in [0.1, 0.15) is 10.6 Å². The third-order valence-electron chi connectivity index (χ3n) is 1.51. The molecule has 0 amide bonds. The summed E-state index contributed by atoms with van der Waals surface area (Å²) < 4.78 is 0. The molecular weight excluding hydrogens is 200 g/mol. The van der Waals surface area contributed by atoms with Gasteiger partial charge in [0.05, 0.1) is 5.69 Å². The molecular formula is C6H9ClN2S2. The third kappa shape index (κ3) is 1.80. The molecule has 11 heavy (non-hydrogen) atoms. The summed E-state index contributed by atoms with van der Waals surface area (Å²) in [6.45, 7) is 0. The van der Waals surface area contributed by atoms with Crippen LogP contribution >= 0.6 is 35.5 Å². The third-order valence-corrected chi connectivity index (χ3v) is 3.61. The molecule has 2 N–H and O–H groups in total. The Morgan fingerprint density at radius 1 is 1.45 bits per heavy atom. The minimum atomic E-state index is 0. The molecule has 62 valence electrons. The van der Waals surface area contributed by atoms with Gasteiger partial charge in [-0.2, -0.15) is 11.8 Å². The van der Waals surface area contributed by atoms with Gasteiger partial charge in [-0.3, -0.25) is 0 Å². The zero-order valence-electron chi connectivity index (χ0n) is 5.87. The highest BCUT2D eigenvalue weighted by Gasteiger charge is 2.13. The first-order valence-corrected chi connectivity index (χ1v) is 5.15. The highest BCUT2D eigenvalue weighted by molar-refractivity contribution is 7.98. The first-order valence-electron chi connectivity index (χ1n) is 3.18. The lowest BCUT2D eigenvalue weighted by atomic mass is 10.3. The van der Waals surface area contributed by atoms with Crippen molar-refractivity contribution in [1.82, 2.24) is 4.98 Å². The van der Waals surface area contributed by atoms with Gasteiger partial charge in [-0.05, 0) is 12.2 Å². The van der Waals surface area contributed by atoms with Gasteiger partial charge in [0.25, 0.3) is 0 Å². The molecule has 1 aromatic heterocycles. The van der Waals surface area contributed by atoms with Crippen LogP contribution in [0.15, 0.2) is 0 Å². The Labute approximate surface area is 80.0 Å². The summed E-state index contributed by atoms with van der Waals surface area (Å²) in [5.41, 5.74) is 6.79. The topological polar surface area (TPSA) is 38.9 Å². The highest BCUT2D eigenvalue weighted by Crippen LogP contribution is 2.29. The summed E-state index contributed by atoms with van der Waals surface area (Å²) in [5, 5.41) is 0.729. The van der Waals surface area contributed by atoms with Crippen molar-refractivity contribution < 1.29 is 0 Å². The number of nitrogen functional groups attached to an aromatic ring is 1. The molecule has 2 heterocycles. The number of thioether (sulfide) groups is 1. The molecule has 1 aromatic rings. The smallest absolute Gasteiger partial charge is 0.180 e. The quantitative estimate of drug-likeness (QED) is 0.709. The number of aryl methyl sites for hydroxylation is 1. The van der Waals surface area contributed by atoms with E-state index in [1.54, 1.807) is 11.3 Å². The van der Waals surface area contributed by atoms with Crippen LogP contribution in [-0.4, -0.2) is 10.7 Å². The Balaban J connectivity index is 0.000000605. The number of hydrogen-bond acceptors (Lipinski definition) is 4. The fourth-order valence-electron chi connectivity index (χ4n) is 1.05. The monoisotopic (exact) mass is 208 g/mol. The van der Waals surface area contributed by atoms with Crippen LogP contribution in [0.4, 0.5) is 5.13 Å². The van der Waals surface area contributed by atoms with E-state index in [-0.39, 0.29) is 12.4 Å². The second-order valence-corrected chi connectivity index (χ2v) is 4.44. The van der Waals surface area contributed by atoms with Gasteiger partial charge in [0.15, 0.2) is 5.13 Å². The van der Waals surface area contributed by atoms with Crippen molar-refractivity contribution >= 4 is 40.6 Å². The number of hydrogen-bond donors (Lipinski definition) is 1. The maximum atomic E-state index is 5.56. The lowest BCUT2D eigenvalue weighted by Gasteiger charge is -2.06. The second kappa shape index (κ2) is 3.65. The number of anilines is 1. The largest absolute Gasteiger partial charge is 0.375 e. The molecule has 0 fully saturated rings. The van der Waals surface area contributed by atoms with Crippen LogP contribution in [0.5, 0.6) is 0 Å². The number of nitrogens with zero attached hydrogens (tertiary/aromatic N) is 1. The van der Waals surface area contributed by atoms with E-state index < -0.39 is 0 Å². The Kier molecular flexibility index (Phi) is 3.04. The Morgan fingerprint density at radius 3 is 3.00 bits per heavy atom. The van der Waals surface area contributed by atoms with E-state index in [2.05, 4.69) is 4.98 Å². The molecule has 1 aliphatic heterocycles. The van der Waals surface area contributed by atoms with Crippen molar-refractivity contribution in [2.45, 2.75) is 12.2 Å². The SMILES string of the molecule is Cl.Nc1nc2c(s1)CSCC2. The maximum absolute atomic E-state index is 5.56. The molecule has 2 rings (SSSR count). The molecule has 5 heteroatoms. The normalized spacial score (nSPS) is 15.3. The summed E-state index contributed by atoms with van der Waals surface area (Å²) in [6, 6.07) is 0. The lowest BCUT2D eigenvalue weighted by molar-refractivity contribution is 1.03. The molecule has 0 aliphatic carbocycles. The van der Waals surface area contributed by atoms with E-state index in [9.17, 15) is 0 Å². The fraction of sp³-hybridized carbons (Fsp3) is 0.500. The molecule has 0 bridgehead atoms. The average molecular weight is 209 g/mol. The van der Waals surface area contributed by atoms with E-state index in [1.807, 2.05) is 11.8 Å². The Morgan fingerprint density at radius 2 is 2.27 bits per heavy atom. The summed E-state index contributed by atoms with van der Waals surface area (Å²) in [5.74, 6) is 2.32. The predicted molar refractivity (Wildman–Crippen MR) is 53.6 cm³/mol. The molecule has 0 aromatic carbocycles. The van der Waals surface area contributed by atoms with E-state index in [0.29, 0.717) is 0 Å². The summed E-state index contributed by atoms with van der Waals surface area (Å²) in [4.78, 5) is 5.62. The van der Waals surface area contributed by atoms with Crippen molar-refractivity contribution in [3.05, 3.63) is 10.6 Å². The average Bonchev–Trinajstić information content (AvgIpc) is 2.27. The van der Waals surface area contributed by atoms with Crippen LogP contribution in [0.2, 0.25) is 0 Å². The minimum absolute atomic E-state index is 0. The summed E-state index contributed by atoms with van der Waals surface area (Å²) in [7, 11) is 0. The van der Waals surface area contributed by atoms with Crippen molar-refractivity contribution in [2.75, 3.05) is 11.5 Å². The maximum Gasteiger partial charge on any atom is 0.180 e. The van der Waals surface area contributed by atoms with E-state index >= 15 is 0 Å². The van der Waals surface area contributed by atoms with Crippen LogP contribution < -0.4 is 5.73 Å². The van der Waals surface area contributed by atoms with Gasteiger partial charge in [0.2, 0.25) is 0 Å². The van der Waals surface area contributed by atoms with Gasteiger partial charge in [-0.15, -0.1) is 23.7 Å². The molecule has 0 atom stereocenters. The van der Waals surface area contributed by atoms with Crippen LogP contribution in [0.25, 0.3) is 0 Å². The lowest BCUT2D eigenvalue weighted by Crippen LogP contribution is -1.99. The Hall–Kier alpha value is 0.0700. The second-order valence-electron chi connectivity index (χ2n) is 2.22. The van der Waals surface area contributed by atoms with Gasteiger partial charge in [0, 0.05) is 10.6 Å². The van der Waals surface area contributed by atoms with Gasteiger partial charge in [0.1, 0.15) is 0 Å². The number of thiazole rings is 1. The van der Waals surface area contributed by atoms with E-state index in [1.165, 1.54) is 16.3 Å². The standard InChI is InChI=1S/C6H8N2S2.ClH/c7-6-8-4-1-2-9-3-5(4)10-6;/h1-3H2,(H2,7,8);1H. The van der Waals surface area contributed by atoms with Crippen LogP contribution in [0, 0.1) is 0 Å². The zero-order chi connectivity index (χ0) is 6.97. The Bertz CT molecular complexity index is 225. The van der Waals surface area contributed by atoms with Crippen LogP contribution in [0.3, 0.4) is 0 Å². The zero-order valence-corrected chi connectivity index (χ0v) is 8.32. The summed E-state index contributed by atoms with van der Waals surface area (Å²) in [6.07, 6.45) is 1.10. The fourth-order valence-corrected chi connectivity index (χ4v) is 3.04. The van der Waals surface area contributed by atoms with Gasteiger partial charge >= 0.3 is 0 Å². The van der Waals surface area contributed by atoms with Crippen molar-refractivity contribution in [3.8, 4) is 0 Å². The van der Waals surface area contributed by atoms with Gasteiger partial charge in [-0.1, -0.05) is 0 Å². The van der Waals surface area contributed by atoms with E-state index in [4.69, 9.17) is 5.73 Å². The molecule has 0 spiro atoms. The van der Waals surface area contributed by atoms with Gasteiger partial charge < -0.3 is 5.73 Å².